The Balaban J connectivity index is 2.27. The van der Waals surface area contributed by atoms with Gasteiger partial charge in [-0.15, -0.1) is 0 Å². The van der Waals surface area contributed by atoms with E-state index in [4.69, 9.17) is 0 Å². The third-order valence-electron chi connectivity index (χ3n) is 2.42. The maximum atomic E-state index is 11.8. The topological polar surface area (TPSA) is 29.1 Å². The molecule has 1 aliphatic rings. The zero-order valence-corrected chi connectivity index (χ0v) is 8.03. The number of hydrogen-bond acceptors (Lipinski definition) is 1. The van der Waals surface area contributed by atoms with Crippen LogP contribution in [0.25, 0.3) is 0 Å². The number of carbonyl (C=O) groups excluding carboxylic acids is 1. The number of halogens is 3. The number of amides is 1. The molecule has 82 valence electrons. The SMILES string of the molecule is C[C@@H]1CC[C@@H](NC(=O)CC(F)(F)F)C1. The molecule has 1 amide bonds. The molecule has 1 rings (SSSR count). The van der Waals surface area contributed by atoms with Gasteiger partial charge in [-0.05, 0) is 25.2 Å². The van der Waals surface area contributed by atoms with Gasteiger partial charge in [-0.25, -0.2) is 0 Å². The lowest BCUT2D eigenvalue weighted by atomic mass is 10.1. The smallest absolute Gasteiger partial charge is 0.353 e. The van der Waals surface area contributed by atoms with Crippen LogP contribution in [0.15, 0.2) is 0 Å². The lowest BCUT2D eigenvalue weighted by molar-refractivity contribution is -0.154. The van der Waals surface area contributed by atoms with E-state index in [-0.39, 0.29) is 6.04 Å². The molecule has 1 saturated carbocycles. The minimum absolute atomic E-state index is 0.0557. The Morgan fingerprint density at radius 1 is 1.43 bits per heavy atom. The number of carbonyl (C=O) groups is 1. The molecule has 5 heteroatoms. The van der Waals surface area contributed by atoms with Crippen molar-refractivity contribution in [1.29, 1.82) is 0 Å². The average molecular weight is 209 g/mol. The van der Waals surface area contributed by atoms with Crippen LogP contribution < -0.4 is 5.32 Å². The molecule has 1 fully saturated rings. The van der Waals surface area contributed by atoms with E-state index in [1.165, 1.54) is 0 Å². The molecule has 14 heavy (non-hydrogen) atoms. The third-order valence-corrected chi connectivity index (χ3v) is 2.42. The highest BCUT2D eigenvalue weighted by Gasteiger charge is 2.32. The molecule has 1 N–H and O–H groups in total. The summed E-state index contributed by atoms with van der Waals surface area (Å²) in [5.41, 5.74) is 0. The van der Waals surface area contributed by atoms with Crippen molar-refractivity contribution in [3.8, 4) is 0 Å². The van der Waals surface area contributed by atoms with Gasteiger partial charge in [0.15, 0.2) is 0 Å². The standard InChI is InChI=1S/C9H14F3NO/c1-6-2-3-7(4-6)13-8(14)5-9(10,11)12/h6-7H,2-5H2,1H3,(H,13,14)/t6-,7-/m1/s1. The van der Waals surface area contributed by atoms with Crippen molar-refractivity contribution in [3.63, 3.8) is 0 Å². The highest BCUT2D eigenvalue weighted by Crippen LogP contribution is 2.25. The Labute approximate surface area is 80.9 Å². The van der Waals surface area contributed by atoms with Gasteiger partial charge in [-0.3, -0.25) is 4.79 Å². The van der Waals surface area contributed by atoms with Crippen molar-refractivity contribution in [3.05, 3.63) is 0 Å². The van der Waals surface area contributed by atoms with Crippen molar-refractivity contribution in [2.75, 3.05) is 0 Å². The van der Waals surface area contributed by atoms with Crippen LogP contribution in [0.3, 0.4) is 0 Å². The molecule has 0 unspecified atom stereocenters. The number of hydrogen-bond donors (Lipinski definition) is 1. The third kappa shape index (κ3) is 3.98. The Bertz CT molecular complexity index is 215. The molecular formula is C9H14F3NO. The van der Waals surface area contributed by atoms with Crippen molar-refractivity contribution < 1.29 is 18.0 Å². The van der Waals surface area contributed by atoms with Gasteiger partial charge >= 0.3 is 6.18 Å². The summed E-state index contributed by atoms with van der Waals surface area (Å²) >= 11 is 0. The minimum atomic E-state index is -4.39. The first-order valence-corrected chi connectivity index (χ1v) is 4.73. The molecule has 0 aromatic carbocycles. The summed E-state index contributed by atoms with van der Waals surface area (Å²) in [6.07, 6.45) is -3.18. The van der Waals surface area contributed by atoms with Gasteiger partial charge in [0.2, 0.25) is 5.91 Å². The molecule has 2 nitrogen and oxygen atoms in total. The molecule has 0 heterocycles. The van der Waals surface area contributed by atoms with Crippen molar-refractivity contribution in [2.24, 2.45) is 5.92 Å². The van der Waals surface area contributed by atoms with Crippen LogP contribution in [0, 0.1) is 5.92 Å². The first-order chi connectivity index (χ1) is 6.37. The van der Waals surface area contributed by atoms with Crippen LogP contribution in [0.5, 0.6) is 0 Å². The Hall–Kier alpha value is -0.740. The summed E-state index contributed by atoms with van der Waals surface area (Å²) in [7, 11) is 0. The highest BCUT2D eigenvalue weighted by atomic mass is 19.4. The molecular weight excluding hydrogens is 195 g/mol. The first kappa shape index (κ1) is 11.3. The summed E-state index contributed by atoms with van der Waals surface area (Å²) in [5.74, 6) is -0.400. The van der Waals surface area contributed by atoms with E-state index < -0.39 is 18.5 Å². The van der Waals surface area contributed by atoms with Crippen molar-refractivity contribution in [2.45, 2.75) is 44.8 Å². The minimum Gasteiger partial charge on any atom is -0.353 e. The van der Waals surface area contributed by atoms with Gasteiger partial charge in [0, 0.05) is 6.04 Å². The largest absolute Gasteiger partial charge is 0.397 e. The lowest BCUT2D eigenvalue weighted by Crippen LogP contribution is -2.35. The highest BCUT2D eigenvalue weighted by molar-refractivity contribution is 5.76. The second-order valence-corrected chi connectivity index (χ2v) is 3.97. The molecule has 0 aromatic rings. The van der Waals surface area contributed by atoms with E-state index in [1.807, 2.05) is 6.92 Å². The fourth-order valence-electron chi connectivity index (χ4n) is 1.80. The van der Waals surface area contributed by atoms with E-state index in [0.717, 1.165) is 19.3 Å². The lowest BCUT2D eigenvalue weighted by Gasteiger charge is -2.13. The second kappa shape index (κ2) is 4.19. The maximum absolute atomic E-state index is 11.8. The van der Waals surface area contributed by atoms with Crippen molar-refractivity contribution >= 4 is 5.91 Å². The Kier molecular flexibility index (Phi) is 3.39. The van der Waals surface area contributed by atoms with Gasteiger partial charge in [0.1, 0.15) is 6.42 Å². The van der Waals surface area contributed by atoms with Crippen LogP contribution in [0.1, 0.15) is 32.6 Å². The first-order valence-electron chi connectivity index (χ1n) is 4.73. The Morgan fingerprint density at radius 2 is 2.07 bits per heavy atom. The molecule has 0 saturated heterocycles. The van der Waals surface area contributed by atoms with Crippen LogP contribution in [-0.2, 0) is 4.79 Å². The molecule has 1 aliphatic carbocycles. The predicted molar refractivity (Wildman–Crippen MR) is 45.6 cm³/mol. The van der Waals surface area contributed by atoms with Crippen molar-refractivity contribution in [1.82, 2.24) is 5.32 Å². The number of alkyl halides is 3. The summed E-state index contributed by atoms with van der Waals surface area (Å²) in [4.78, 5) is 10.9. The molecule has 0 aromatic heterocycles. The van der Waals surface area contributed by atoms with Gasteiger partial charge in [0.25, 0.3) is 0 Å². The van der Waals surface area contributed by atoms with Crippen LogP contribution >= 0.6 is 0 Å². The normalized spacial score (nSPS) is 27.7. The maximum Gasteiger partial charge on any atom is 0.397 e. The fourth-order valence-corrected chi connectivity index (χ4v) is 1.80. The van der Waals surface area contributed by atoms with E-state index in [2.05, 4.69) is 5.32 Å². The molecule has 0 spiro atoms. The van der Waals surface area contributed by atoms with Crippen LogP contribution in [0.2, 0.25) is 0 Å². The molecule has 0 aliphatic heterocycles. The summed E-state index contributed by atoms with van der Waals surface area (Å²) < 4.78 is 35.4. The van der Waals surface area contributed by atoms with Crippen LogP contribution in [0.4, 0.5) is 13.2 Å². The summed E-state index contributed by atoms with van der Waals surface area (Å²) in [6, 6.07) is -0.0557. The Morgan fingerprint density at radius 3 is 2.50 bits per heavy atom. The average Bonchev–Trinajstić information content (AvgIpc) is 2.30. The van der Waals surface area contributed by atoms with Gasteiger partial charge in [0.05, 0.1) is 0 Å². The van der Waals surface area contributed by atoms with Gasteiger partial charge < -0.3 is 5.32 Å². The molecule has 0 bridgehead atoms. The fraction of sp³-hybridized carbons (Fsp3) is 0.889. The predicted octanol–water partition coefficient (Wildman–Crippen LogP) is 2.24. The van der Waals surface area contributed by atoms with E-state index in [0.29, 0.717) is 5.92 Å². The van der Waals surface area contributed by atoms with Gasteiger partial charge in [-0.1, -0.05) is 6.92 Å². The molecule has 2 atom stereocenters. The molecule has 0 radical (unpaired) electrons. The van der Waals surface area contributed by atoms with Gasteiger partial charge in [-0.2, -0.15) is 13.2 Å². The number of nitrogens with one attached hydrogen (secondary N) is 1. The zero-order chi connectivity index (χ0) is 10.8. The van der Waals surface area contributed by atoms with E-state index in [9.17, 15) is 18.0 Å². The number of rotatable bonds is 2. The van der Waals surface area contributed by atoms with E-state index >= 15 is 0 Å². The van der Waals surface area contributed by atoms with Crippen LogP contribution in [-0.4, -0.2) is 18.1 Å². The summed E-state index contributed by atoms with van der Waals surface area (Å²) in [5, 5.41) is 2.41. The van der Waals surface area contributed by atoms with E-state index in [1.54, 1.807) is 0 Å². The zero-order valence-electron chi connectivity index (χ0n) is 8.03. The quantitative estimate of drug-likeness (QED) is 0.742. The monoisotopic (exact) mass is 209 g/mol. The second-order valence-electron chi connectivity index (χ2n) is 3.97. The summed E-state index contributed by atoms with van der Waals surface area (Å²) in [6.45, 7) is 2.04.